The summed E-state index contributed by atoms with van der Waals surface area (Å²) in [7, 11) is 1.16. The summed E-state index contributed by atoms with van der Waals surface area (Å²) in [5.41, 5.74) is 4.55. The lowest BCUT2D eigenvalue weighted by Crippen LogP contribution is -2.58. The Morgan fingerprint density at radius 2 is 1.69 bits per heavy atom. The van der Waals surface area contributed by atoms with Gasteiger partial charge >= 0.3 is 6.09 Å². The molecule has 0 spiro atoms. The van der Waals surface area contributed by atoms with Crippen molar-refractivity contribution in [1.29, 1.82) is 0 Å². The molecule has 3 aromatic rings. The van der Waals surface area contributed by atoms with Crippen molar-refractivity contribution < 1.29 is 39.0 Å². The number of aromatic nitrogens is 3. The van der Waals surface area contributed by atoms with Crippen LogP contribution in [0.25, 0.3) is 10.8 Å². The molecule has 1 aliphatic heterocycles. The molecule has 2 aliphatic rings. The van der Waals surface area contributed by atoms with Crippen LogP contribution >= 0.6 is 0 Å². The van der Waals surface area contributed by atoms with Crippen LogP contribution in [0.1, 0.15) is 80.9 Å². The predicted octanol–water partition coefficient (Wildman–Crippen LogP) is 1.72. The van der Waals surface area contributed by atoms with Crippen LogP contribution in [0.15, 0.2) is 48.7 Å². The minimum Gasteiger partial charge on any atom is -0.465 e. The Morgan fingerprint density at radius 3 is 2.35 bits per heavy atom. The Labute approximate surface area is 300 Å². The average Bonchev–Trinajstić information content (AvgIpc) is 3.79. The number of ketones is 1. The molecular formula is C36H46N8O8. The highest BCUT2D eigenvalue weighted by molar-refractivity contribution is 6.38. The molecule has 1 saturated heterocycles. The van der Waals surface area contributed by atoms with Gasteiger partial charge in [0.1, 0.15) is 23.7 Å². The maximum atomic E-state index is 14.7. The molecule has 1 aliphatic carbocycles. The number of rotatable bonds is 13. The standard InChI is InChI=1S/C36H46N8O8/c1-36(2,52)29-18-38-41-44(29)25-17-28(33(48)40-27(30(45)31(37)46)20-42(3)35(50)51)43(19-25)34(49)26(15-21-9-5-4-6-10-21)39-32(47)24-14-13-22-11-7-8-12-23(22)16-24/h7-8,11-14,16,18,21,25-28,52H,4-6,9-10,15,17,19-20H2,1-3H3,(H2,37,46)(H,39,47)(H,40,48)(H,50,51)/t25-,26+,27?,28-/m0/s1. The van der Waals surface area contributed by atoms with Crippen molar-refractivity contribution in [2.45, 2.75) is 88.6 Å². The van der Waals surface area contributed by atoms with E-state index in [0.717, 1.165) is 54.8 Å². The van der Waals surface area contributed by atoms with Crippen molar-refractivity contribution in [3.05, 3.63) is 59.9 Å². The lowest BCUT2D eigenvalue weighted by molar-refractivity contribution is -0.142. The third kappa shape index (κ3) is 8.73. The predicted molar refractivity (Wildman–Crippen MR) is 188 cm³/mol. The van der Waals surface area contributed by atoms with Gasteiger partial charge in [-0.15, -0.1) is 5.10 Å². The second kappa shape index (κ2) is 15.9. The fraction of sp³-hybridized carbons (Fsp3) is 0.500. The SMILES string of the molecule is CN(CC(NC(=O)[C@@H]1C[C@H](n2nncc2C(C)(C)O)CN1C(=O)[C@@H](CC1CCCCC1)NC(=O)c1ccc2ccccc2c1)C(=O)C(N)=O)C(=O)O. The Hall–Kier alpha value is -5.38. The van der Waals surface area contributed by atoms with Crippen molar-refractivity contribution in [2.24, 2.45) is 11.7 Å². The number of likely N-dealkylation sites (tertiary alicyclic amines) is 1. The first-order valence-electron chi connectivity index (χ1n) is 17.4. The van der Waals surface area contributed by atoms with Crippen molar-refractivity contribution in [1.82, 2.24) is 35.4 Å². The smallest absolute Gasteiger partial charge is 0.407 e. The molecule has 16 nitrogen and oxygen atoms in total. The van der Waals surface area contributed by atoms with Gasteiger partial charge in [-0.1, -0.05) is 67.6 Å². The van der Waals surface area contributed by atoms with E-state index in [1.807, 2.05) is 30.3 Å². The number of fused-ring (bicyclic) bond motifs is 1. The van der Waals surface area contributed by atoms with Gasteiger partial charge in [-0.05, 0) is 49.1 Å². The number of likely N-dealkylation sites (N-methyl/N-ethyl adjacent to an activating group) is 1. The van der Waals surface area contributed by atoms with Crippen LogP contribution in [0.5, 0.6) is 0 Å². The third-order valence-electron chi connectivity index (χ3n) is 9.98. The number of hydrogen-bond donors (Lipinski definition) is 5. The number of primary amides is 1. The maximum Gasteiger partial charge on any atom is 0.407 e. The minimum atomic E-state index is -1.63. The number of benzene rings is 2. The van der Waals surface area contributed by atoms with E-state index < -0.39 is 71.8 Å². The summed E-state index contributed by atoms with van der Waals surface area (Å²) < 4.78 is 1.45. The number of nitrogens with one attached hydrogen (secondary N) is 2. The van der Waals surface area contributed by atoms with E-state index in [1.165, 1.54) is 15.8 Å². The molecule has 4 atom stereocenters. The summed E-state index contributed by atoms with van der Waals surface area (Å²) >= 11 is 0. The van der Waals surface area contributed by atoms with Gasteiger partial charge in [0, 0.05) is 25.6 Å². The second-order valence-corrected chi connectivity index (χ2v) is 14.3. The second-order valence-electron chi connectivity index (χ2n) is 14.3. The van der Waals surface area contributed by atoms with Crippen LogP contribution in [0.2, 0.25) is 0 Å². The van der Waals surface area contributed by atoms with Gasteiger partial charge in [0.25, 0.3) is 11.8 Å². The topological polar surface area (TPSA) is 230 Å². The minimum absolute atomic E-state index is 0.0367. The summed E-state index contributed by atoms with van der Waals surface area (Å²) in [4.78, 5) is 80.8. The van der Waals surface area contributed by atoms with Gasteiger partial charge in [-0.25, -0.2) is 9.48 Å². The van der Waals surface area contributed by atoms with Crippen molar-refractivity contribution >= 4 is 46.3 Å². The first-order valence-corrected chi connectivity index (χ1v) is 17.4. The van der Waals surface area contributed by atoms with Crippen LogP contribution < -0.4 is 16.4 Å². The van der Waals surface area contributed by atoms with Crippen LogP contribution in [0.4, 0.5) is 4.79 Å². The number of nitrogens with zero attached hydrogens (tertiary/aromatic N) is 5. The highest BCUT2D eigenvalue weighted by Gasteiger charge is 2.45. The molecule has 16 heteroatoms. The van der Waals surface area contributed by atoms with E-state index in [-0.39, 0.29) is 18.9 Å². The van der Waals surface area contributed by atoms with Gasteiger partial charge in [0.15, 0.2) is 0 Å². The van der Waals surface area contributed by atoms with Gasteiger partial charge in [-0.3, -0.25) is 24.0 Å². The van der Waals surface area contributed by atoms with E-state index >= 15 is 0 Å². The van der Waals surface area contributed by atoms with Gasteiger partial charge in [0.05, 0.1) is 24.5 Å². The lowest BCUT2D eigenvalue weighted by Gasteiger charge is -2.32. The molecule has 0 radical (unpaired) electrons. The largest absolute Gasteiger partial charge is 0.465 e. The summed E-state index contributed by atoms with van der Waals surface area (Å²) in [6, 6.07) is 8.29. The van der Waals surface area contributed by atoms with E-state index in [4.69, 9.17) is 5.73 Å². The highest BCUT2D eigenvalue weighted by atomic mass is 16.4. The Bertz CT molecular complexity index is 1830. The molecule has 6 N–H and O–H groups in total. The number of aliphatic hydroxyl groups is 1. The molecular weight excluding hydrogens is 672 g/mol. The average molecular weight is 719 g/mol. The molecule has 1 saturated carbocycles. The fourth-order valence-corrected chi connectivity index (χ4v) is 7.17. The number of carbonyl (C=O) groups is 6. The molecule has 2 aromatic carbocycles. The van der Waals surface area contributed by atoms with Crippen LogP contribution in [-0.4, -0.2) is 109 Å². The molecule has 2 heterocycles. The van der Waals surface area contributed by atoms with Crippen LogP contribution in [0, 0.1) is 5.92 Å². The Morgan fingerprint density at radius 1 is 1.00 bits per heavy atom. The summed E-state index contributed by atoms with van der Waals surface area (Å²) in [6.45, 7) is 2.45. The normalized spacial score (nSPS) is 19.1. The zero-order valence-electron chi connectivity index (χ0n) is 29.5. The summed E-state index contributed by atoms with van der Waals surface area (Å²) in [6.07, 6.45) is 5.10. The number of carbonyl (C=O) groups excluding carboxylic acids is 5. The third-order valence-corrected chi connectivity index (χ3v) is 9.98. The zero-order chi connectivity index (χ0) is 37.7. The number of carboxylic acid groups (broad SMARTS) is 1. The molecule has 5 amide bonds. The molecule has 5 rings (SSSR count). The van der Waals surface area contributed by atoms with Crippen molar-refractivity contribution in [3.63, 3.8) is 0 Å². The Balaban J connectivity index is 1.48. The fourth-order valence-electron chi connectivity index (χ4n) is 7.17. The molecule has 1 unspecified atom stereocenters. The van der Waals surface area contributed by atoms with Gasteiger partial charge in [0.2, 0.25) is 17.6 Å². The van der Waals surface area contributed by atoms with Crippen molar-refractivity contribution in [3.8, 4) is 0 Å². The van der Waals surface area contributed by atoms with E-state index in [9.17, 15) is 39.0 Å². The molecule has 52 heavy (non-hydrogen) atoms. The zero-order valence-corrected chi connectivity index (χ0v) is 29.5. The molecule has 1 aromatic heterocycles. The highest BCUT2D eigenvalue weighted by Crippen LogP contribution is 2.33. The number of nitrogens with two attached hydrogens (primary N) is 1. The lowest BCUT2D eigenvalue weighted by atomic mass is 9.84. The molecule has 2 fully saturated rings. The molecule has 0 bridgehead atoms. The molecule has 278 valence electrons. The number of hydrogen-bond acceptors (Lipinski definition) is 9. The monoisotopic (exact) mass is 718 g/mol. The van der Waals surface area contributed by atoms with E-state index in [1.54, 1.807) is 26.0 Å². The van der Waals surface area contributed by atoms with E-state index in [2.05, 4.69) is 20.9 Å². The van der Waals surface area contributed by atoms with Gasteiger partial charge in [-0.2, -0.15) is 0 Å². The van der Waals surface area contributed by atoms with Crippen LogP contribution in [-0.2, 0) is 24.8 Å². The van der Waals surface area contributed by atoms with Crippen LogP contribution in [0.3, 0.4) is 0 Å². The number of amides is 5. The summed E-state index contributed by atoms with van der Waals surface area (Å²) in [5, 5.41) is 35.6. The van der Waals surface area contributed by atoms with E-state index in [0.29, 0.717) is 17.7 Å². The summed E-state index contributed by atoms with van der Waals surface area (Å²) in [5.74, 6) is -4.27. The Kier molecular flexibility index (Phi) is 11.6. The first-order chi connectivity index (χ1) is 24.6. The maximum absolute atomic E-state index is 14.7. The quantitative estimate of drug-likeness (QED) is 0.161. The number of Topliss-reactive ketones (excluding diaryl/α,β-unsaturated/α-hetero) is 1. The van der Waals surface area contributed by atoms with Crippen molar-refractivity contribution in [2.75, 3.05) is 20.1 Å². The first kappa shape index (κ1) is 37.9. The van der Waals surface area contributed by atoms with Gasteiger partial charge < -0.3 is 36.4 Å².